The third kappa shape index (κ3) is 5.27. The first-order valence-electron chi connectivity index (χ1n) is 6.38. The average molecular weight is 319 g/mol. The minimum absolute atomic E-state index is 0.0856. The lowest BCUT2D eigenvalue weighted by Crippen LogP contribution is -2.31. The van der Waals surface area contributed by atoms with E-state index in [2.05, 4.69) is 5.32 Å². The lowest BCUT2D eigenvalue weighted by atomic mass is 10.2. The maximum absolute atomic E-state index is 13.1. The molecule has 0 heterocycles. The highest BCUT2D eigenvalue weighted by molar-refractivity contribution is 7.88. The summed E-state index contributed by atoms with van der Waals surface area (Å²) < 4.78 is 37.2. The molecule has 0 bridgehead atoms. The average Bonchev–Trinajstić information content (AvgIpc) is 2.36. The third-order valence-electron chi connectivity index (χ3n) is 2.88. The summed E-state index contributed by atoms with van der Waals surface area (Å²) in [7, 11) is -3.25. The number of hydrogen-bond donors (Lipinski definition) is 1. The Kier molecular flexibility index (Phi) is 6.03. The maximum Gasteiger partial charge on any atom is 0.292 e. The second-order valence-corrected chi connectivity index (χ2v) is 6.44. The van der Waals surface area contributed by atoms with Gasteiger partial charge >= 0.3 is 0 Å². The van der Waals surface area contributed by atoms with E-state index in [1.54, 1.807) is 6.92 Å². The van der Waals surface area contributed by atoms with Gasteiger partial charge in [0.25, 0.3) is 5.69 Å². The zero-order valence-corrected chi connectivity index (χ0v) is 12.7. The Morgan fingerprint density at radius 1 is 1.43 bits per heavy atom. The molecule has 1 aromatic rings. The molecule has 0 saturated heterocycles. The molecule has 0 aromatic heterocycles. The highest BCUT2D eigenvalue weighted by Gasteiger charge is 2.15. The van der Waals surface area contributed by atoms with E-state index in [-0.39, 0.29) is 11.4 Å². The number of nitro benzene ring substituents is 1. The van der Waals surface area contributed by atoms with Gasteiger partial charge in [-0.3, -0.25) is 10.1 Å². The second kappa shape index (κ2) is 7.32. The number of hydrogen-bond acceptors (Lipinski definition) is 5. The van der Waals surface area contributed by atoms with Crippen LogP contribution in [0.15, 0.2) is 18.2 Å². The number of nitrogens with zero attached hydrogens (tertiary/aromatic N) is 2. The van der Waals surface area contributed by atoms with Crippen LogP contribution in [0.4, 0.5) is 15.8 Å². The molecule has 0 amide bonds. The van der Waals surface area contributed by atoms with Gasteiger partial charge in [0.2, 0.25) is 10.0 Å². The van der Waals surface area contributed by atoms with Crippen molar-refractivity contribution < 1.29 is 17.7 Å². The third-order valence-corrected chi connectivity index (χ3v) is 4.26. The first-order chi connectivity index (χ1) is 9.75. The molecule has 0 fully saturated rings. The van der Waals surface area contributed by atoms with Crippen LogP contribution >= 0.6 is 0 Å². The van der Waals surface area contributed by atoms with Crippen molar-refractivity contribution >= 4 is 21.4 Å². The summed E-state index contributed by atoms with van der Waals surface area (Å²) in [5.41, 5.74) is -0.130. The molecular weight excluding hydrogens is 301 g/mol. The first-order valence-corrected chi connectivity index (χ1v) is 8.23. The molecule has 118 valence electrons. The molecule has 9 heteroatoms. The minimum Gasteiger partial charge on any atom is -0.379 e. The van der Waals surface area contributed by atoms with Gasteiger partial charge in [-0.05, 0) is 12.5 Å². The van der Waals surface area contributed by atoms with E-state index in [9.17, 15) is 22.9 Å². The van der Waals surface area contributed by atoms with Crippen LogP contribution in [-0.4, -0.2) is 43.5 Å². The Bertz CT molecular complexity index is 607. The Morgan fingerprint density at radius 3 is 2.62 bits per heavy atom. The highest BCUT2D eigenvalue weighted by Crippen LogP contribution is 2.24. The first kappa shape index (κ1) is 17.3. The van der Waals surface area contributed by atoms with Gasteiger partial charge in [0, 0.05) is 31.8 Å². The van der Waals surface area contributed by atoms with Crippen LogP contribution in [0.5, 0.6) is 0 Å². The lowest BCUT2D eigenvalue weighted by molar-refractivity contribution is -0.384. The van der Waals surface area contributed by atoms with Crippen molar-refractivity contribution in [2.75, 3.05) is 31.2 Å². The standard InChI is InChI=1S/C12H18FN3O4S/c1-3-15(21(2,19)20)8-4-7-14-11-9-10(13)5-6-12(11)16(17)18/h5-6,9,14H,3-4,7-8H2,1-2H3. The predicted molar refractivity (Wildman–Crippen MR) is 78.3 cm³/mol. The number of sulfonamides is 1. The zero-order valence-electron chi connectivity index (χ0n) is 11.9. The number of rotatable bonds is 8. The van der Waals surface area contributed by atoms with Crippen molar-refractivity contribution in [3.63, 3.8) is 0 Å². The summed E-state index contributed by atoms with van der Waals surface area (Å²) in [5, 5.41) is 13.6. The van der Waals surface area contributed by atoms with Crippen LogP contribution in [-0.2, 0) is 10.0 Å². The number of benzene rings is 1. The van der Waals surface area contributed by atoms with Crippen LogP contribution < -0.4 is 5.32 Å². The van der Waals surface area contributed by atoms with Crippen molar-refractivity contribution in [2.24, 2.45) is 0 Å². The number of nitro groups is 1. The maximum atomic E-state index is 13.1. The van der Waals surface area contributed by atoms with Gasteiger partial charge in [0.05, 0.1) is 11.2 Å². The molecule has 0 aliphatic carbocycles. The summed E-state index contributed by atoms with van der Waals surface area (Å²) in [4.78, 5) is 10.2. The van der Waals surface area contributed by atoms with Crippen LogP contribution in [0, 0.1) is 15.9 Å². The molecule has 0 aliphatic heterocycles. The van der Waals surface area contributed by atoms with E-state index in [0.717, 1.165) is 24.5 Å². The molecule has 1 N–H and O–H groups in total. The van der Waals surface area contributed by atoms with Gasteiger partial charge in [-0.15, -0.1) is 0 Å². The monoisotopic (exact) mass is 319 g/mol. The Hall–Kier alpha value is -1.74. The lowest BCUT2D eigenvalue weighted by Gasteiger charge is -2.17. The molecule has 0 saturated carbocycles. The van der Waals surface area contributed by atoms with Gasteiger partial charge < -0.3 is 5.32 Å². The topological polar surface area (TPSA) is 92.5 Å². The van der Waals surface area contributed by atoms with Crippen molar-refractivity contribution in [1.29, 1.82) is 0 Å². The molecule has 0 aliphatic rings. The van der Waals surface area contributed by atoms with Crippen molar-refractivity contribution in [3.8, 4) is 0 Å². The molecular formula is C12H18FN3O4S. The number of nitrogens with one attached hydrogen (secondary N) is 1. The van der Waals surface area contributed by atoms with E-state index in [4.69, 9.17) is 0 Å². The van der Waals surface area contributed by atoms with Gasteiger partial charge in [-0.1, -0.05) is 6.92 Å². The van der Waals surface area contributed by atoms with Gasteiger partial charge in [0.1, 0.15) is 11.5 Å². The highest BCUT2D eigenvalue weighted by atomic mass is 32.2. The number of halogens is 1. The summed E-state index contributed by atoms with van der Waals surface area (Å²) in [6, 6.07) is 3.16. The van der Waals surface area contributed by atoms with Crippen molar-refractivity contribution in [3.05, 3.63) is 34.1 Å². The van der Waals surface area contributed by atoms with Crippen LogP contribution in [0.1, 0.15) is 13.3 Å². The van der Waals surface area contributed by atoms with Crippen molar-refractivity contribution in [2.45, 2.75) is 13.3 Å². The zero-order chi connectivity index (χ0) is 16.0. The molecule has 1 aromatic carbocycles. The fourth-order valence-electron chi connectivity index (χ4n) is 1.85. The molecule has 0 unspecified atom stereocenters. The SMILES string of the molecule is CCN(CCCNc1cc(F)ccc1[N+](=O)[O-])S(C)(=O)=O. The summed E-state index contributed by atoms with van der Waals surface area (Å²) >= 11 is 0. The Balaban J connectivity index is 2.61. The Labute approximate surface area is 123 Å². The van der Waals surface area contributed by atoms with Crippen LogP contribution in [0.25, 0.3) is 0 Å². The summed E-state index contributed by atoms with van der Waals surface area (Å²) in [6.07, 6.45) is 1.58. The van der Waals surface area contributed by atoms with Crippen LogP contribution in [0.3, 0.4) is 0 Å². The van der Waals surface area contributed by atoms with E-state index >= 15 is 0 Å². The molecule has 0 atom stereocenters. The summed E-state index contributed by atoms with van der Waals surface area (Å²) in [5.74, 6) is -0.575. The Morgan fingerprint density at radius 2 is 2.10 bits per heavy atom. The minimum atomic E-state index is -3.25. The van der Waals surface area contributed by atoms with Gasteiger partial charge in [-0.25, -0.2) is 17.1 Å². The molecule has 0 spiro atoms. The molecule has 0 radical (unpaired) electrons. The van der Waals surface area contributed by atoms with E-state index < -0.39 is 20.8 Å². The molecule has 1 rings (SSSR count). The second-order valence-electron chi connectivity index (χ2n) is 4.45. The van der Waals surface area contributed by atoms with Gasteiger partial charge in [0.15, 0.2) is 0 Å². The smallest absolute Gasteiger partial charge is 0.292 e. The summed E-state index contributed by atoms with van der Waals surface area (Å²) in [6.45, 7) is 2.69. The predicted octanol–water partition coefficient (Wildman–Crippen LogP) is 1.82. The molecule has 7 nitrogen and oxygen atoms in total. The fourth-order valence-corrected chi connectivity index (χ4v) is 2.78. The van der Waals surface area contributed by atoms with Crippen LogP contribution in [0.2, 0.25) is 0 Å². The molecule has 21 heavy (non-hydrogen) atoms. The fraction of sp³-hybridized carbons (Fsp3) is 0.500. The quantitative estimate of drug-likeness (QED) is 0.448. The van der Waals surface area contributed by atoms with Crippen molar-refractivity contribution in [1.82, 2.24) is 4.31 Å². The van der Waals surface area contributed by atoms with E-state index in [0.29, 0.717) is 26.1 Å². The van der Waals surface area contributed by atoms with E-state index in [1.165, 1.54) is 4.31 Å². The van der Waals surface area contributed by atoms with Gasteiger partial charge in [-0.2, -0.15) is 0 Å². The number of anilines is 1. The normalized spacial score (nSPS) is 11.6. The van der Waals surface area contributed by atoms with E-state index in [1.807, 2.05) is 0 Å². The largest absolute Gasteiger partial charge is 0.379 e.